The molecule has 0 spiro atoms. The molecule has 1 heterocycles. The highest BCUT2D eigenvalue weighted by atomic mass is 19.1. The van der Waals surface area contributed by atoms with E-state index in [0.29, 0.717) is 13.1 Å². The van der Waals surface area contributed by atoms with Crippen molar-refractivity contribution in [2.24, 2.45) is 5.73 Å². The molecule has 2 amide bonds. The molecule has 1 aliphatic rings. The van der Waals surface area contributed by atoms with E-state index < -0.39 is 5.82 Å². The molecule has 1 fully saturated rings. The van der Waals surface area contributed by atoms with Gasteiger partial charge in [0.05, 0.1) is 12.1 Å². The van der Waals surface area contributed by atoms with E-state index in [4.69, 9.17) is 5.73 Å². The van der Waals surface area contributed by atoms with Gasteiger partial charge >= 0.3 is 0 Å². The van der Waals surface area contributed by atoms with Crippen molar-refractivity contribution in [2.45, 2.75) is 0 Å². The molecule has 1 aromatic carbocycles. The fourth-order valence-corrected chi connectivity index (χ4v) is 2.01. The number of piperazine rings is 1. The van der Waals surface area contributed by atoms with Gasteiger partial charge in [0.2, 0.25) is 5.91 Å². The van der Waals surface area contributed by atoms with Crippen LogP contribution in [-0.2, 0) is 4.79 Å². The van der Waals surface area contributed by atoms with Gasteiger partial charge in [-0.2, -0.15) is 0 Å². The number of carbonyl (C=O) groups excluding carboxylic acids is 2. The van der Waals surface area contributed by atoms with Gasteiger partial charge in [-0.05, 0) is 18.2 Å². The first kappa shape index (κ1) is 15.0. The number of benzene rings is 1. The number of amides is 2. The molecule has 0 radical (unpaired) electrons. The summed E-state index contributed by atoms with van der Waals surface area (Å²) in [5.41, 5.74) is 5.65. The van der Waals surface area contributed by atoms with E-state index in [1.54, 1.807) is 11.9 Å². The largest absolute Gasteiger partial charge is 0.342 e. The summed E-state index contributed by atoms with van der Waals surface area (Å²) in [6, 6.07) is 4.10. The van der Waals surface area contributed by atoms with Crippen LogP contribution in [0, 0.1) is 17.7 Å². The Morgan fingerprint density at radius 2 is 2.19 bits per heavy atom. The van der Waals surface area contributed by atoms with Gasteiger partial charge < -0.3 is 15.5 Å². The third kappa shape index (κ3) is 3.38. The van der Waals surface area contributed by atoms with Gasteiger partial charge in [-0.25, -0.2) is 4.39 Å². The van der Waals surface area contributed by atoms with Gasteiger partial charge in [-0.1, -0.05) is 11.8 Å². The zero-order valence-electron chi connectivity index (χ0n) is 11.7. The Morgan fingerprint density at radius 3 is 2.81 bits per heavy atom. The van der Waals surface area contributed by atoms with Gasteiger partial charge in [-0.3, -0.25) is 9.59 Å². The maximum Gasteiger partial charge on any atom is 0.254 e. The molecule has 2 rings (SSSR count). The minimum atomic E-state index is -0.567. The van der Waals surface area contributed by atoms with Crippen molar-refractivity contribution >= 4 is 11.8 Å². The molecular weight excluding hydrogens is 273 g/mol. The standard InChI is InChI=1S/C15H16FN3O2/c1-18-7-8-19(10-14(18)20)15(21)12-5-4-11(3-2-6-17)13(16)9-12/h4-5,9H,6-8,10,17H2,1H3. The van der Waals surface area contributed by atoms with Crippen LogP contribution in [0.2, 0.25) is 0 Å². The van der Waals surface area contributed by atoms with Crippen molar-refractivity contribution in [3.8, 4) is 11.8 Å². The first-order valence-electron chi connectivity index (χ1n) is 6.54. The van der Waals surface area contributed by atoms with Gasteiger partial charge in [0.25, 0.3) is 5.91 Å². The molecule has 110 valence electrons. The molecule has 0 saturated carbocycles. The minimum absolute atomic E-state index is 0.0195. The normalized spacial score (nSPS) is 14.7. The Morgan fingerprint density at radius 1 is 1.43 bits per heavy atom. The number of rotatable bonds is 1. The van der Waals surface area contributed by atoms with Crippen molar-refractivity contribution in [3.63, 3.8) is 0 Å². The first-order valence-corrected chi connectivity index (χ1v) is 6.54. The van der Waals surface area contributed by atoms with Crippen LogP contribution in [-0.4, -0.2) is 54.8 Å². The van der Waals surface area contributed by atoms with Crippen molar-refractivity contribution in [1.82, 2.24) is 9.80 Å². The van der Waals surface area contributed by atoms with E-state index in [0.717, 1.165) is 6.07 Å². The number of hydrogen-bond acceptors (Lipinski definition) is 3. The molecule has 1 saturated heterocycles. The highest BCUT2D eigenvalue weighted by molar-refractivity contribution is 5.97. The van der Waals surface area contributed by atoms with Crippen LogP contribution in [0.15, 0.2) is 18.2 Å². The Bertz CT molecular complexity index is 634. The van der Waals surface area contributed by atoms with Crippen molar-refractivity contribution in [2.75, 3.05) is 33.2 Å². The Kier molecular flexibility index (Phi) is 4.55. The lowest BCUT2D eigenvalue weighted by Crippen LogP contribution is -2.50. The van der Waals surface area contributed by atoms with Crippen LogP contribution in [0.4, 0.5) is 4.39 Å². The summed E-state index contributed by atoms with van der Waals surface area (Å²) in [5.74, 6) is 4.11. The smallest absolute Gasteiger partial charge is 0.254 e. The summed E-state index contributed by atoms with van der Waals surface area (Å²) in [5, 5.41) is 0. The molecule has 0 bridgehead atoms. The van der Waals surface area contributed by atoms with E-state index in [2.05, 4.69) is 11.8 Å². The Hall–Kier alpha value is -2.39. The second-order valence-electron chi connectivity index (χ2n) is 4.74. The van der Waals surface area contributed by atoms with E-state index in [1.165, 1.54) is 17.0 Å². The maximum absolute atomic E-state index is 13.9. The minimum Gasteiger partial charge on any atom is -0.342 e. The maximum atomic E-state index is 13.9. The second kappa shape index (κ2) is 6.37. The molecule has 1 aromatic rings. The fourth-order valence-electron chi connectivity index (χ4n) is 2.01. The van der Waals surface area contributed by atoms with Crippen LogP contribution in [0.1, 0.15) is 15.9 Å². The van der Waals surface area contributed by atoms with Crippen molar-refractivity contribution < 1.29 is 14.0 Å². The monoisotopic (exact) mass is 289 g/mol. The van der Waals surface area contributed by atoms with Crippen molar-refractivity contribution in [1.29, 1.82) is 0 Å². The summed E-state index contributed by atoms with van der Waals surface area (Å²) in [4.78, 5) is 26.9. The molecule has 2 N–H and O–H groups in total. The summed E-state index contributed by atoms with van der Waals surface area (Å²) in [6.45, 7) is 1.08. The number of likely N-dealkylation sites (N-methyl/N-ethyl adjacent to an activating group) is 1. The molecule has 0 atom stereocenters. The molecule has 21 heavy (non-hydrogen) atoms. The Balaban J connectivity index is 2.17. The highest BCUT2D eigenvalue weighted by Crippen LogP contribution is 2.13. The van der Waals surface area contributed by atoms with Crippen LogP contribution in [0.3, 0.4) is 0 Å². The summed E-state index contributed by atoms with van der Waals surface area (Å²) in [7, 11) is 1.69. The number of hydrogen-bond donors (Lipinski definition) is 1. The van der Waals surface area contributed by atoms with E-state index >= 15 is 0 Å². The van der Waals surface area contributed by atoms with Crippen molar-refractivity contribution in [3.05, 3.63) is 35.1 Å². The van der Waals surface area contributed by atoms with E-state index in [-0.39, 0.29) is 36.0 Å². The number of nitrogens with zero attached hydrogens (tertiary/aromatic N) is 2. The predicted octanol–water partition coefficient (Wildman–Crippen LogP) is 0.0501. The van der Waals surface area contributed by atoms with Gasteiger partial charge in [0.1, 0.15) is 12.4 Å². The van der Waals surface area contributed by atoms with Gasteiger partial charge in [0.15, 0.2) is 0 Å². The molecular formula is C15H16FN3O2. The van der Waals surface area contributed by atoms with E-state index in [9.17, 15) is 14.0 Å². The molecule has 5 nitrogen and oxygen atoms in total. The molecule has 6 heteroatoms. The second-order valence-corrected chi connectivity index (χ2v) is 4.74. The molecule has 0 aromatic heterocycles. The summed E-state index contributed by atoms with van der Waals surface area (Å²) in [6.07, 6.45) is 0. The van der Waals surface area contributed by atoms with Crippen LogP contribution in [0.25, 0.3) is 0 Å². The Labute approximate surface area is 122 Å². The number of nitrogens with two attached hydrogens (primary N) is 1. The average molecular weight is 289 g/mol. The SMILES string of the molecule is CN1CCN(C(=O)c2ccc(C#CCN)c(F)c2)CC1=O. The third-order valence-corrected chi connectivity index (χ3v) is 3.29. The van der Waals surface area contributed by atoms with Gasteiger partial charge in [-0.15, -0.1) is 0 Å². The lowest BCUT2D eigenvalue weighted by Gasteiger charge is -2.32. The van der Waals surface area contributed by atoms with E-state index in [1.807, 2.05) is 0 Å². The fraction of sp³-hybridized carbons (Fsp3) is 0.333. The number of carbonyl (C=O) groups is 2. The van der Waals surface area contributed by atoms with Gasteiger partial charge in [0, 0.05) is 25.7 Å². The summed E-state index contributed by atoms with van der Waals surface area (Å²) < 4.78 is 13.9. The number of halogens is 1. The highest BCUT2D eigenvalue weighted by Gasteiger charge is 2.25. The molecule has 0 aliphatic carbocycles. The lowest BCUT2D eigenvalue weighted by atomic mass is 10.1. The van der Waals surface area contributed by atoms with Crippen LogP contribution < -0.4 is 5.73 Å². The van der Waals surface area contributed by atoms with Crippen LogP contribution in [0.5, 0.6) is 0 Å². The molecule has 1 aliphatic heterocycles. The quantitative estimate of drug-likeness (QED) is 0.743. The van der Waals surface area contributed by atoms with Crippen LogP contribution >= 0.6 is 0 Å². The first-order chi connectivity index (χ1) is 10.0. The average Bonchev–Trinajstić information content (AvgIpc) is 2.48. The third-order valence-electron chi connectivity index (χ3n) is 3.29. The zero-order chi connectivity index (χ0) is 15.4. The predicted molar refractivity (Wildman–Crippen MR) is 75.9 cm³/mol. The zero-order valence-corrected chi connectivity index (χ0v) is 11.7. The molecule has 0 unspecified atom stereocenters. The summed E-state index contributed by atoms with van der Waals surface area (Å²) >= 11 is 0. The lowest BCUT2D eigenvalue weighted by molar-refractivity contribution is -0.133. The topological polar surface area (TPSA) is 66.6 Å².